The summed E-state index contributed by atoms with van der Waals surface area (Å²) in [5.74, 6) is 4.38. The van der Waals surface area contributed by atoms with Gasteiger partial charge in [-0.15, -0.1) is 0 Å². The minimum absolute atomic E-state index is 1.03. The van der Waals surface area contributed by atoms with Crippen LogP contribution in [-0.2, 0) is 0 Å². The lowest BCUT2D eigenvalue weighted by atomic mass is 9.75. The molecule has 4 atom stereocenters. The zero-order chi connectivity index (χ0) is 10.1. The Bertz CT molecular complexity index is 208. The lowest BCUT2D eigenvalue weighted by Crippen LogP contribution is -2.23. The molecule has 0 N–H and O–H groups in total. The summed E-state index contributed by atoms with van der Waals surface area (Å²) in [6.07, 6.45) is 18.0. The van der Waals surface area contributed by atoms with Crippen molar-refractivity contribution >= 4 is 0 Å². The van der Waals surface area contributed by atoms with Gasteiger partial charge in [0.15, 0.2) is 0 Å². The molecule has 0 aliphatic heterocycles. The largest absolute Gasteiger partial charge is 0.0533 e. The molecule has 0 heterocycles. The fraction of sp³-hybridized carbons (Fsp3) is 0.933. The highest BCUT2D eigenvalue weighted by molar-refractivity contribution is 4.97. The summed E-state index contributed by atoms with van der Waals surface area (Å²) < 4.78 is 0. The maximum Gasteiger partial charge on any atom is -0.0352 e. The molecule has 1 radical (unpaired) electrons. The highest BCUT2D eigenvalue weighted by Crippen LogP contribution is 2.49. The van der Waals surface area contributed by atoms with Gasteiger partial charge in [-0.3, -0.25) is 0 Å². The molecule has 15 heavy (non-hydrogen) atoms. The van der Waals surface area contributed by atoms with E-state index in [1.165, 1.54) is 44.9 Å². The van der Waals surface area contributed by atoms with Crippen LogP contribution < -0.4 is 0 Å². The van der Waals surface area contributed by atoms with E-state index in [4.69, 9.17) is 0 Å². The van der Waals surface area contributed by atoms with Crippen molar-refractivity contribution in [3.63, 3.8) is 0 Å². The predicted molar refractivity (Wildman–Crippen MR) is 64.4 cm³/mol. The molecule has 0 heteroatoms. The number of fused-ring (bicyclic) bond motifs is 3. The SMILES string of the molecule is [CH]1CCC2C1CCCC1CCCCCC12. The van der Waals surface area contributed by atoms with Crippen molar-refractivity contribution in [3.8, 4) is 0 Å². The fourth-order valence-corrected chi connectivity index (χ4v) is 4.71. The minimum atomic E-state index is 1.03. The molecule has 0 aromatic rings. The molecule has 0 amide bonds. The van der Waals surface area contributed by atoms with Crippen molar-refractivity contribution in [2.24, 2.45) is 23.7 Å². The van der Waals surface area contributed by atoms with Crippen LogP contribution in [0.4, 0.5) is 0 Å². The summed E-state index contributed by atoms with van der Waals surface area (Å²) in [7, 11) is 0. The first-order chi connectivity index (χ1) is 7.45. The minimum Gasteiger partial charge on any atom is -0.0533 e. The van der Waals surface area contributed by atoms with E-state index >= 15 is 0 Å². The molecule has 0 nitrogen and oxygen atoms in total. The zero-order valence-corrected chi connectivity index (χ0v) is 9.96. The Morgan fingerprint density at radius 2 is 1.53 bits per heavy atom. The van der Waals surface area contributed by atoms with E-state index in [1.54, 1.807) is 19.3 Å². The molecule has 0 aromatic heterocycles. The van der Waals surface area contributed by atoms with Crippen LogP contribution in [0, 0.1) is 30.1 Å². The molecule has 0 aromatic carbocycles. The number of hydrogen-bond donors (Lipinski definition) is 0. The maximum absolute atomic E-state index is 2.66. The third-order valence-corrected chi connectivity index (χ3v) is 5.40. The Labute approximate surface area is 94.8 Å². The van der Waals surface area contributed by atoms with Gasteiger partial charge in [0.25, 0.3) is 0 Å². The number of hydrogen-bond acceptors (Lipinski definition) is 0. The Kier molecular flexibility index (Phi) is 3.03. The van der Waals surface area contributed by atoms with E-state index in [2.05, 4.69) is 6.42 Å². The average molecular weight is 205 g/mol. The third-order valence-electron chi connectivity index (χ3n) is 5.40. The molecular formula is C15H25. The summed E-state index contributed by atoms with van der Waals surface area (Å²) in [5.41, 5.74) is 0. The first-order valence-corrected chi connectivity index (χ1v) is 7.28. The lowest BCUT2D eigenvalue weighted by molar-refractivity contribution is 0.196. The molecule has 3 aliphatic rings. The zero-order valence-electron chi connectivity index (χ0n) is 9.96. The molecule has 3 fully saturated rings. The van der Waals surface area contributed by atoms with Crippen molar-refractivity contribution in [1.29, 1.82) is 0 Å². The van der Waals surface area contributed by atoms with Crippen LogP contribution in [0.25, 0.3) is 0 Å². The smallest absolute Gasteiger partial charge is 0.0352 e. The molecule has 0 bridgehead atoms. The average Bonchev–Trinajstić information content (AvgIpc) is 2.49. The van der Waals surface area contributed by atoms with Crippen molar-refractivity contribution in [1.82, 2.24) is 0 Å². The molecule has 4 unspecified atom stereocenters. The highest BCUT2D eigenvalue weighted by atomic mass is 14.4. The van der Waals surface area contributed by atoms with Crippen molar-refractivity contribution in [2.75, 3.05) is 0 Å². The van der Waals surface area contributed by atoms with Crippen LogP contribution in [0.3, 0.4) is 0 Å². The van der Waals surface area contributed by atoms with Crippen LogP contribution in [0.1, 0.15) is 64.2 Å². The first-order valence-electron chi connectivity index (χ1n) is 7.28. The van der Waals surface area contributed by atoms with E-state index in [0.29, 0.717) is 0 Å². The van der Waals surface area contributed by atoms with E-state index < -0.39 is 0 Å². The van der Waals surface area contributed by atoms with Crippen molar-refractivity contribution < 1.29 is 0 Å². The van der Waals surface area contributed by atoms with Crippen LogP contribution >= 0.6 is 0 Å². The molecular weight excluding hydrogens is 180 g/mol. The molecule has 3 saturated carbocycles. The standard InChI is InChI=1S/C15H25/c1-2-6-12-7-4-8-13-9-5-11-15(13)14(12)10-3-1/h9,12-15H,1-8,10-11H2. The highest BCUT2D eigenvalue weighted by Gasteiger charge is 2.39. The Morgan fingerprint density at radius 1 is 0.667 bits per heavy atom. The molecule has 85 valence electrons. The van der Waals surface area contributed by atoms with E-state index in [0.717, 1.165) is 23.7 Å². The summed E-state index contributed by atoms with van der Waals surface area (Å²) in [5, 5.41) is 0. The molecule has 0 saturated heterocycles. The van der Waals surface area contributed by atoms with Gasteiger partial charge in [-0.1, -0.05) is 38.5 Å². The van der Waals surface area contributed by atoms with Crippen molar-refractivity contribution in [3.05, 3.63) is 6.42 Å². The Balaban J connectivity index is 1.78. The summed E-state index contributed by atoms with van der Waals surface area (Å²) in [4.78, 5) is 0. The Hall–Kier alpha value is 0. The van der Waals surface area contributed by atoms with Gasteiger partial charge in [-0.2, -0.15) is 0 Å². The molecule has 3 rings (SSSR count). The third kappa shape index (κ3) is 1.97. The van der Waals surface area contributed by atoms with Crippen LogP contribution in [0.5, 0.6) is 0 Å². The van der Waals surface area contributed by atoms with Gasteiger partial charge >= 0.3 is 0 Å². The maximum atomic E-state index is 2.66. The monoisotopic (exact) mass is 205 g/mol. The number of rotatable bonds is 0. The van der Waals surface area contributed by atoms with Gasteiger partial charge in [0.2, 0.25) is 0 Å². The topological polar surface area (TPSA) is 0 Å². The van der Waals surface area contributed by atoms with Gasteiger partial charge in [0.1, 0.15) is 0 Å². The van der Waals surface area contributed by atoms with Crippen molar-refractivity contribution in [2.45, 2.75) is 64.2 Å². The first kappa shape index (κ1) is 10.2. The lowest BCUT2D eigenvalue weighted by Gasteiger charge is -2.30. The summed E-state index contributed by atoms with van der Waals surface area (Å²) in [6.45, 7) is 0. The molecule has 3 aliphatic carbocycles. The second kappa shape index (κ2) is 4.47. The van der Waals surface area contributed by atoms with E-state index in [-0.39, 0.29) is 0 Å². The van der Waals surface area contributed by atoms with Crippen LogP contribution in [0.15, 0.2) is 0 Å². The quantitative estimate of drug-likeness (QED) is 0.542. The van der Waals surface area contributed by atoms with Crippen LogP contribution in [0.2, 0.25) is 0 Å². The predicted octanol–water partition coefficient (Wildman–Crippen LogP) is 4.60. The van der Waals surface area contributed by atoms with E-state index in [1.807, 2.05) is 0 Å². The van der Waals surface area contributed by atoms with Gasteiger partial charge in [-0.05, 0) is 55.8 Å². The van der Waals surface area contributed by atoms with Gasteiger partial charge in [-0.25, -0.2) is 0 Å². The van der Waals surface area contributed by atoms with Crippen LogP contribution in [-0.4, -0.2) is 0 Å². The second-order valence-corrected chi connectivity index (χ2v) is 6.13. The molecule has 0 spiro atoms. The fourth-order valence-electron chi connectivity index (χ4n) is 4.71. The van der Waals surface area contributed by atoms with Gasteiger partial charge in [0.05, 0.1) is 0 Å². The normalized spacial score (nSPS) is 46.4. The van der Waals surface area contributed by atoms with Gasteiger partial charge in [0, 0.05) is 0 Å². The van der Waals surface area contributed by atoms with Gasteiger partial charge < -0.3 is 0 Å². The van der Waals surface area contributed by atoms with E-state index in [9.17, 15) is 0 Å². The summed E-state index contributed by atoms with van der Waals surface area (Å²) >= 11 is 0. The summed E-state index contributed by atoms with van der Waals surface area (Å²) in [6, 6.07) is 0. The second-order valence-electron chi connectivity index (χ2n) is 6.13. The Morgan fingerprint density at radius 3 is 2.53 bits per heavy atom.